The molecule has 3 aromatic rings. The molecule has 1 heterocycles. The second-order valence-electron chi connectivity index (χ2n) is 7.07. The predicted molar refractivity (Wildman–Crippen MR) is 126 cm³/mol. The summed E-state index contributed by atoms with van der Waals surface area (Å²) in [5.74, 6) is 0.487. The Balaban J connectivity index is 0.00000225. The van der Waals surface area contributed by atoms with Crippen LogP contribution < -0.4 is 11.1 Å². The van der Waals surface area contributed by atoms with Gasteiger partial charge in [-0.3, -0.25) is 4.79 Å². The van der Waals surface area contributed by atoms with Gasteiger partial charge >= 0.3 is 0 Å². The Kier molecular flexibility index (Phi) is 11.2. The van der Waals surface area contributed by atoms with Gasteiger partial charge in [0.1, 0.15) is 5.82 Å². The van der Waals surface area contributed by atoms with E-state index in [0.29, 0.717) is 6.54 Å². The highest BCUT2D eigenvalue weighted by molar-refractivity contribution is 5.85. The minimum absolute atomic E-state index is 0. The molecule has 0 saturated heterocycles. The van der Waals surface area contributed by atoms with Gasteiger partial charge in [-0.2, -0.15) is 0 Å². The molecule has 0 aliphatic heterocycles. The Labute approximate surface area is 190 Å². The lowest BCUT2D eigenvalue weighted by atomic mass is 9.95. The molecule has 30 heavy (non-hydrogen) atoms. The lowest BCUT2D eigenvalue weighted by molar-refractivity contribution is -0.125. The van der Waals surface area contributed by atoms with Gasteiger partial charge < -0.3 is 15.6 Å². The zero-order valence-electron chi connectivity index (χ0n) is 17.1. The van der Waals surface area contributed by atoms with Crippen molar-refractivity contribution in [2.24, 2.45) is 11.7 Å². The molecule has 1 aromatic heterocycles. The second kappa shape index (κ2) is 13.1. The Morgan fingerprint density at radius 2 is 1.70 bits per heavy atom. The maximum absolute atomic E-state index is 12.5. The number of aromatic nitrogens is 2. The van der Waals surface area contributed by atoms with E-state index in [-0.39, 0.29) is 42.7 Å². The van der Waals surface area contributed by atoms with Gasteiger partial charge in [0.2, 0.25) is 5.91 Å². The van der Waals surface area contributed by atoms with Gasteiger partial charge in [0, 0.05) is 25.0 Å². The van der Waals surface area contributed by atoms with E-state index in [9.17, 15) is 4.79 Å². The summed E-state index contributed by atoms with van der Waals surface area (Å²) in [6, 6.07) is 19.8. The van der Waals surface area contributed by atoms with Crippen molar-refractivity contribution in [1.29, 1.82) is 0 Å². The molecule has 0 bridgehead atoms. The molecular weight excluding hydrogens is 419 g/mol. The topological polar surface area (TPSA) is 72.9 Å². The SMILES string of the molecule is CC(C(=O)NCc1nccn1CCCc1ccccc1)C(N)c1ccccc1.Cl.Cl. The van der Waals surface area contributed by atoms with Crippen LogP contribution in [0.3, 0.4) is 0 Å². The van der Waals surface area contributed by atoms with Crippen molar-refractivity contribution in [3.8, 4) is 0 Å². The highest BCUT2D eigenvalue weighted by Crippen LogP contribution is 2.19. The lowest BCUT2D eigenvalue weighted by Crippen LogP contribution is -2.35. The highest BCUT2D eigenvalue weighted by Gasteiger charge is 2.22. The summed E-state index contributed by atoms with van der Waals surface area (Å²) >= 11 is 0. The van der Waals surface area contributed by atoms with Crippen molar-refractivity contribution in [3.63, 3.8) is 0 Å². The molecule has 5 nitrogen and oxygen atoms in total. The number of rotatable bonds is 9. The number of hydrogen-bond acceptors (Lipinski definition) is 3. The summed E-state index contributed by atoms with van der Waals surface area (Å²) in [4.78, 5) is 16.9. The van der Waals surface area contributed by atoms with Gasteiger partial charge in [-0.15, -0.1) is 24.8 Å². The van der Waals surface area contributed by atoms with Crippen molar-refractivity contribution in [2.45, 2.75) is 38.9 Å². The van der Waals surface area contributed by atoms with Gasteiger partial charge in [0.15, 0.2) is 0 Å². The van der Waals surface area contributed by atoms with Crippen molar-refractivity contribution >= 4 is 30.7 Å². The number of hydrogen-bond donors (Lipinski definition) is 2. The Morgan fingerprint density at radius 1 is 1.07 bits per heavy atom. The molecule has 3 rings (SSSR count). The first-order chi connectivity index (χ1) is 13.6. The van der Waals surface area contributed by atoms with Crippen LogP contribution in [-0.2, 0) is 24.3 Å². The molecule has 0 aliphatic carbocycles. The van der Waals surface area contributed by atoms with Crippen molar-refractivity contribution in [2.75, 3.05) is 0 Å². The summed E-state index contributed by atoms with van der Waals surface area (Å²) in [6.07, 6.45) is 5.79. The largest absolute Gasteiger partial charge is 0.349 e. The van der Waals surface area contributed by atoms with Gasteiger partial charge in [0.25, 0.3) is 0 Å². The lowest BCUT2D eigenvalue weighted by Gasteiger charge is -2.20. The van der Waals surface area contributed by atoms with Crippen LogP contribution in [0.1, 0.15) is 36.3 Å². The molecule has 0 fully saturated rings. The van der Waals surface area contributed by atoms with E-state index in [1.54, 1.807) is 6.20 Å². The Hall–Kier alpha value is -2.34. The number of aryl methyl sites for hydroxylation is 2. The average molecular weight is 449 g/mol. The fourth-order valence-electron chi connectivity index (χ4n) is 3.26. The molecule has 162 valence electrons. The normalized spacial score (nSPS) is 12.2. The minimum atomic E-state index is -0.327. The van der Waals surface area contributed by atoms with E-state index in [0.717, 1.165) is 30.8 Å². The Bertz CT molecular complexity index is 871. The molecule has 1 amide bonds. The number of carbonyl (C=O) groups excluding carboxylic acids is 1. The summed E-state index contributed by atoms with van der Waals surface area (Å²) in [5.41, 5.74) is 8.56. The molecule has 0 spiro atoms. The van der Waals surface area contributed by atoms with Crippen molar-refractivity contribution in [1.82, 2.24) is 14.9 Å². The van der Waals surface area contributed by atoms with Crippen LogP contribution in [0.4, 0.5) is 0 Å². The summed E-state index contributed by atoms with van der Waals surface area (Å²) in [7, 11) is 0. The van der Waals surface area contributed by atoms with Crippen LogP contribution in [0.5, 0.6) is 0 Å². The van der Waals surface area contributed by atoms with Crippen LogP contribution in [-0.4, -0.2) is 15.5 Å². The average Bonchev–Trinajstić information content (AvgIpc) is 3.19. The van der Waals surface area contributed by atoms with Crippen molar-refractivity contribution < 1.29 is 4.79 Å². The first-order valence-corrected chi connectivity index (χ1v) is 9.77. The van der Waals surface area contributed by atoms with Gasteiger partial charge in [-0.1, -0.05) is 67.6 Å². The number of benzene rings is 2. The molecule has 2 aromatic carbocycles. The number of halogens is 2. The van der Waals surface area contributed by atoms with E-state index in [1.165, 1.54) is 5.56 Å². The maximum atomic E-state index is 12.5. The molecule has 3 N–H and O–H groups in total. The van der Waals surface area contributed by atoms with E-state index in [4.69, 9.17) is 5.73 Å². The highest BCUT2D eigenvalue weighted by atomic mass is 35.5. The molecule has 0 aliphatic rings. The number of imidazole rings is 1. The summed E-state index contributed by atoms with van der Waals surface area (Å²) in [5, 5.41) is 2.98. The van der Waals surface area contributed by atoms with E-state index in [2.05, 4.69) is 39.1 Å². The first kappa shape index (κ1) is 25.7. The smallest absolute Gasteiger partial charge is 0.225 e. The fraction of sp³-hybridized carbons (Fsp3) is 0.304. The maximum Gasteiger partial charge on any atom is 0.225 e. The van der Waals surface area contributed by atoms with Crippen LogP contribution in [0, 0.1) is 5.92 Å². The van der Waals surface area contributed by atoms with Gasteiger partial charge in [-0.25, -0.2) is 4.98 Å². The zero-order chi connectivity index (χ0) is 19.8. The van der Waals surface area contributed by atoms with Crippen molar-refractivity contribution in [3.05, 3.63) is 90.0 Å². The van der Waals surface area contributed by atoms with Gasteiger partial charge in [-0.05, 0) is 24.0 Å². The first-order valence-electron chi connectivity index (χ1n) is 9.77. The number of carbonyl (C=O) groups is 1. The number of nitrogens with two attached hydrogens (primary N) is 1. The molecule has 2 unspecified atom stereocenters. The van der Waals surface area contributed by atoms with E-state index >= 15 is 0 Å². The van der Waals surface area contributed by atoms with Crippen LogP contribution in [0.25, 0.3) is 0 Å². The quantitative estimate of drug-likeness (QED) is 0.511. The standard InChI is InChI=1S/C23H28N4O.2ClH/c1-18(22(24)20-12-6-3-7-13-20)23(28)26-17-21-25-14-16-27(21)15-8-11-19-9-4-2-5-10-19;;/h2-7,9-10,12-14,16,18,22H,8,11,15,17,24H2,1H3,(H,26,28);2*1H. The zero-order valence-corrected chi connectivity index (χ0v) is 18.7. The molecule has 2 atom stereocenters. The van der Waals surface area contributed by atoms with Crippen LogP contribution in [0.15, 0.2) is 73.1 Å². The second-order valence-corrected chi connectivity index (χ2v) is 7.07. The summed E-state index contributed by atoms with van der Waals surface area (Å²) in [6.45, 7) is 3.14. The van der Waals surface area contributed by atoms with E-state index in [1.807, 2.05) is 49.5 Å². The molecule has 0 radical (unpaired) electrons. The Morgan fingerprint density at radius 3 is 2.37 bits per heavy atom. The third-order valence-electron chi connectivity index (χ3n) is 5.07. The third kappa shape index (κ3) is 7.17. The van der Waals surface area contributed by atoms with Crippen LogP contribution in [0.2, 0.25) is 0 Å². The molecule has 7 heteroatoms. The van der Waals surface area contributed by atoms with E-state index < -0.39 is 0 Å². The predicted octanol–water partition coefficient (Wildman–Crippen LogP) is 4.31. The minimum Gasteiger partial charge on any atom is -0.349 e. The number of amides is 1. The van der Waals surface area contributed by atoms with Gasteiger partial charge in [0.05, 0.1) is 12.5 Å². The number of nitrogens with zero attached hydrogens (tertiary/aromatic N) is 2. The van der Waals surface area contributed by atoms with Crippen LogP contribution >= 0.6 is 24.8 Å². The fourth-order valence-corrected chi connectivity index (χ4v) is 3.26. The molecule has 0 saturated carbocycles. The molecular formula is C23H30Cl2N4O. The third-order valence-corrected chi connectivity index (χ3v) is 5.07. The summed E-state index contributed by atoms with van der Waals surface area (Å²) < 4.78 is 2.10. The number of nitrogens with one attached hydrogen (secondary N) is 1. The monoisotopic (exact) mass is 448 g/mol.